The van der Waals surface area contributed by atoms with Gasteiger partial charge in [0.25, 0.3) is 0 Å². The Morgan fingerprint density at radius 3 is 2.12 bits per heavy atom. The molecule has 0 fully saturated rings. The zero-order valence-electron chi connectivity index (χ0n) is 15.0. The molecule has 5 aliphatic rings. The van der Waals surface area contributed by atoms with Crippen LogP contribution in [0.2, 0.25) is 0 Å². The van der Waals surface area contributed by atoms with E-state index in [1.807, 2.05) is 0 Å². The second-order valence-corrected chi connectivity index (χ2v) is 7.48. The molecule has 1 N–H and O–H groups in total. The highest BCUT2D eigenvalue weighted by molar-refractivity contribution is 5.99. The van der Waals surface area contributed by atoms with Crippen molar-refractivity contribution in [2.24, 2.45) is 10.9 Å². The summed E-state index contributed by atoms with van der Waals surface area (Å²) in [4.78, 5) is 4.77. The maximum atomic E-state index is 11.0. The summed E-state index contributed by atoms with van der Waals surface area (Å²) >= 11 is 0. The molecular weight excluding hydrogens is 310 g/mol. The molecule has 1 aliphatic heterocycles. The predicted octanol–water partition coefficient (Wildman–Crippen LogP) is 4.08. The van der Waals surface area contributed by atoms with E-state index in [2.05, 4.69) is 50.2 Å². The Hall–Kier alpha value is -2.29. The minimum atomic E-state index is 0.177. The molecule has 3 nitrogen and oxygen atoms in total. The van der Waals surface area contributed by atoms with Crippen LogP contribution in [0, 0.1) is 5.92 Å². The quantitative estimate of drug-likeness (QED) is 0.898. The molecule has 0 saturated carbocycles. The molecule has 1 heterocycles. The van der Waals surface area contributed by atoms with Gasteiger partial charge in [-0.1, -0.05) is 50.2 Å². The van der Waals surface area contributed by atoms with E-state index in [1.165, 1.54) is 11.1 Å². The molecule has 7 rings (SSSR count). The average molecular weight is 335 g/mol. The fourth-order valence-electron chi connectivity index (χ4n) is 3.62. The Kier molecular flexibility index (Phi) is 4.24. The van der Waals surface area contributed by atoms with E-state index in [-0.39, 0.29) is 6.04 Å². The van der Waals surface area contributed by atoms with Crippen LogP contribution in [-0.4, -0.2) is 23.7 Å². The standard InChI is InChI=1S/C22H25NO2/c1-14(2)19-13-25-22(23-19)20-17-9-7-15-3-5-16(6-4-15)8-10-18(12-11-17)21(20)24/h3-6,11-12,14,19,24H,7-10,13H2,1-2H3/t19-/m1/s1. The van der Waals surface area contributed by atoms with Crippen LogP contribution in [0.25, 0.3) is 0 Å². The van der Waals surface area contributed by atoms with Gasteiger partial charge in [-0.25, -0.2) is 4.99 Å². The molecule has 2 aromatic rings. The Morgan fingerprint density at radius 2 is 1.52 bits per heavy atom. The van der Waals surface area contributed by atoms with Crippen molar-refractivity contribution in [2.45, 2.75) is 45.6 Å². The monoisotopic (exact) mass is 335 g/mol. The fraction of sp³-hybridized carbons (Fsp3) is 0.409. The third-order valence-electron chi connectivity index (χ3n) is 5.39. The third kappa shape index (κ3) is 3.15. The lowest BCUT2D eigenvalue weighted by Crippen LogP contribution is -2.13. The van der Waals surface area contributed by atoms with Crippen molar-refractivity contribution in [3.05, 3.63) is 64.2 Å². The van der Waals surface area contributed by atoms with Crippen molar-refractivity contribution in [3.8, 4) is 5.75 Å². The highest BCUT2D eigenvalue weighted by Crippen LogP contribution is 2.32. The Labute approximate surface area is 149 Å². The SMILES string of the molecule is CC(C)[C@H]1COC(c2c3ccc(c2O)CCc2ccc(cc2)CC3)=N1. The molecule has 0 aromatic heterocycles. The Balaban J connectivity index is 1.76. The van der Waals surface area contributed by atoms with E-state index >= 15 is 0 Å². The molecular formula is C22H25NO2. The minimum Gasteiger partial charge on any atom is -0.507 e. The van der Waals surface area contributed by atoms with Crippen LogP contribution < -0.4 is 0 Å². The van der Waals surface area contributed by atoms with Gasteiger partial charge in [0.2, 0.25) is 5.90 Å². The number of aryl methyl sites for hydroxylation is 4. The van der Waals surface area contributed by atoms with Gasteiger partial charge in [0.05, 0.1) is 11.6 Å². The molecule has 2 aromatic carbocycles. The summed E-state index contributed by atoms with van der Waals surface area (Å²) in [7, 11) is 0. The molecule has 0 saturated heterocycles. The van der Waals surface area contributed by atoms with Crippen molar-refractivity contribution in [3.63, 3.8) is 0 Å². The second kappa shape index (κ2) is 6.55. The topological polar surface area (TPSA) is 41.8 Å². The van der Waals surface area contributed by atoms with Gasteiger partial charge in [0.15, 0.2) is 0 Å². The van der Waals surface area contributed by atoms with E-state index in [1.54, 1.807) is 0 Å². The van der Waals surface area contributed by atoms with Crippen molar-refractivity contribution < 1.29 is 9.84 Å². The first-order chi connectivity index (χ1) is 12.1. The van der Waals surface area contributed by atoms with Crippen molar-refractivity contribution >= 4 is 5.90 Å². The van der Waals surface area contributed by atoms with E-state index < -0.39 is 0 Å². The van der Waals surface area contributed by atoms with Gasteiger partial charge in [0.1, 0.15) is 12.4 Å². The number of nitrogens with zero attached hydrogens (tertiary/aromatic N) is 1. The number of hydrogen-bond acceptors (Lipinski definition) is 3. The maximum absolute atomic E-state index is 11.0. The highest BCUT2D eigenvalue weighted by atomic mass is 16.5. The first-order valence-corrected chi connectivity index (χ1v) is 9.24. The summed E-state index contributed by atoms with van der Waals surface area (Å²) in [6.07, 6.45) is 3.57. The van der Waals surface area contributed by atoms with Gasteiger partial charge in [-0.05, 0) is 53.9 Å². The summed E-state index contributed by atoms with van der Waals surface area (Å²) in [5.74, 6) is 1.42. The summed E-state index contributed by atoms with van der Waals surface area (Å²) < 4.78 is 5.90. The predicted molar refractivity (Wildman–Crippen MR) is 100 cm³/mol. The van der Waals surface area contributed by atoms with E-state index in [0.717, 1.165) is 42.4 Å². The Bertz CT molecular complexity index is 806. The van der Waals surface area contributed by atoms with E-state index in [9.17, 15) is 5.11 Å². The van der Waals surface area contributed by atoms with Gasteiger partial charge in [0, 0.05) is 0 Å². The zero-order chi connectivity index (χ0) is 17.4. The third-order valence-corrected chi connectivity index (χ3v) is 5.39. The average Bonchev–Trinajstić information content (AvgIpc) is 3.08. The van der Waals surface area contributed by atoms with Crippen LogP contribution in [0.1, 0.15) is 41.7 Å². The number of aromatic hydroxyl groups is 1. The van der Waals surface area contributed by atoms with E-state index in [4.69, 9.17) is 9.73 Å². The second-order valence-electron chi connectivity index (χ2n) is 7.48. The van der Waals surface area contributed by atoms with E-state index in [0.29, 0.717) is 24.2 Å². The summed E-state index contributed by atoms with van der Waals surface area (Å²) in [5.41, 5.74) is 5.55. The highest BCUT2D eigenvalue weighted by Gasteiger charge is 2.27. The lowest BCUT2D eigenvalue weighted by Gasteiger charge is -2.16. The Morgan fingerprint density at radius 1 is 0.920 bits per heavy atom. The van der Waals surface area contributed by atoms with Gasteiger partial charge in [-0.3, -0.25) is 0 Å². The molecule has 25 heavy (non-hydrogen) atoms. The largest absolute Gasteiger partial charge is 0.507 e. The zero-order valence-corrected chi connectivity index (χ0v) is 15.0. The van der Waals surface area contributed by atoms with Gasteiger partial charge in [-0.2, -0.15) is 0 Å². The van der Waals surface area contributed by atoms with Crippen molar-refractivity contribution in [1.82, 2.24) is 0 Å². The van der Waals surface area contributed by atoms with Crippen LogP contribution in [0.4, 0.5) is 0 Å². The molecule has 3 heteroatoms. The van der Waals surface area contributed by atoms with Crippen molar-refractivity contribution in [1.29, 1.82) is 0 Å². The number of phenolic OH excluding ortho intramolecular Hbond substituents is 1. The van der Waals surface area contributed by atoms with Crippen LogP contribution in [-0.2, 0) is 30.4 Å². The molecule has 130 valence electrons. The summed E-state index contributed by atoms with van der Waals surface area (Å²) in [6, 6.07) is 13.3. The van der Waals surface area contributed by atoms with Crippen LogP contribution >= 0.6 is 0 Å². The normalized spacial score (nSPS) is 19.5. The fourth-order valence-corrected chi connectivity index (χ4v) is 3.62. The molecule has 0 radical (unpaired) electrons. The number of hydrogen-bond donors (Lipinski definition) is 1. The number of benzene rings is 2. The number of aliphatic imine (C=N–C) groups is 1. The number of rotatable bonds is 2. The lowest BCUT2D eigenvalue weighted by molar-refractivity contribution is 0.291. The lowest BCUT2D eigenvalue weighted by atomic mass is 9.92. The van der Waals surface area contributed by atoms with Gasteiger partial charge < -0.3 is 9.84 Å². The maximum Gasteiger partial charge on any atom is 0.220 e. The molecule has 4 aliphatic carbocycles. The smallest absolute Gasteiger partial charge is 0.220 e. The van der Waals surface area contributed by atoms with Crippen LogP contribution in [0.3, 0.4) is 0 Å². The minimum absolute atomic E-state index is 0.177. The molecule has 1 atom stereocenters. The van der Waals surface area contributed by atoms with Crippen LogP contribution in [0.5, 0.6) is 5.75 Å². The molecule has 0 unspecified atom stereocenters. The first-order valence-electron chi connectivity index (χ1n) is 9.24. The van der Waals surface area contributed by atoms with Crippen LogP contribution in [0.15, 0.2) is 41.4 Å². The molecule has 4 bridgehead atoms. The van der Waals surface area contributed by atoms with Gasteiger partial charge in [-0.15, -0.1) is 0 Å². The number of phenols is 1. The first kappa shape index (κ1) is 16.2. The summed E-state index contributed by atoms with van der Waals surface area (Å²) in [5, 5.41) is 11.0. The molecule has 0 amide bonds. The van der Waals surface area contributed by atoms with Crippen molar-refractivity contribution in [2.75, 3.05) is 6.61 Å². The van der Waals surface area contributed by atoms with Gasteiger partial charge >= 0.3 is 0 Å². The molecule has 0 spiro atoms. The number of ether oxygens (including phenoxy) is 1. The summed E-state index contributed by atoms with van der Waals surface area (Å²) in [6.45, 7) is 4.93.